The third-order valence-electron chi connectivity index (χ3n) is 5.23. The Morgan fingerprint density at radius 1 is 1.06 bits per heavy atom. The lowest BCUT2D eigenvalue weighted by Crippen LogP contribution is -2.22. The zero-order valence-corrected chi connectivity index (χ0v) is 20.6. The third-order valence-corrected chi connectivity index (χ3v) is 6.19. The standard InChI is InChI=1S/C25H31N5O2S/c1-6-21(17-10-14-20(31)15-11-17)26-27-22(32)16-33-24-29-28-23(30(24)7-2)18-8-12-19(13-9-18)25(3,4)5/h8-15,31H,6-7,16H2,1-5H3,(H,27,32)/b26-21-. The largest absolute Gasteiger partial charge is 0.508 e. The normalized spacial score (nSPS) is 12.1. The van der Waals surface area contributed by atoms with E-state index in [0.29, 0.717) is 18.1 Å². The van der Waals surface area contributed by atoms with Gasteiger partial charge in [-0.2, -0.15) is 5.10 Å². The van der Waals surface area contributed by atoms with Crippen molar-refractivity contribution in [3.8, 4) is 17.1 Å². The maximum absolute atomic E-state index is 12.4. The van der Waals surface area contributed by atoms with Crippen LogP contribution in [-0.4, -0.2) is 37.2 Å². The zero-order valence-electron chi connectivity index (χ0n) is 19.8. The van der Waals surface area contributed by atoms with Gasteiger partial charge in [-0.1, -0.05) is 63.7 Å². The second-order valence-corrected chi connectivity index (χ2v) is 9.60. The molecule has 0 fully saturated rings. The predicted octanol–water partition coefficient (Wildman–Crippen LogP) is 4.99. The van der Waals surface area contributed by atoms with Crippen LogP contribution in [0.25, 0.3) is 11.4 Å². The number of aromatic hydroxyl groups is 1. The molecule has 1 heterocycles. The fraction of sp³-hybridized carbons (Fsp3) is 0.360. The highest BCUT2D eigenvalue weighted by Gasteiger charge is 2.17. The van der Waals surface area contributed by atoms with Crippen molar-refractivity contribution in [3.05, 3.63) is 59.7 Å². The van der Waals surface area contributed by atoms with Gasteiger partial charge in [0.1, 0.15) is 5.75 Å². The van der Waals surface area contributed by atoms with Crippen molar-refractivity contribution in [3.63, 3.8) is 0 Å². The van der Waals surface area contributed by atoms with Gasteiger partial charge in [0.15, 0.2) is 11.0 Å². The van der Waals surface area contributed by atoms with E-state index in [1.54, 1.807) is 24.3 Å². The lowest BCUT2D eigenvalue weighted by Gasteiger charge is -2.19. The number of hydrazone groups is 1. The molecule has 0 saturated heterocycles. The number of carbonyl (C=O) groups excluding carboxylic acids is 1. The molecule has 1 aromatic heterocycles. The fourth-order valence-corrected chi connectivity index (χ4v) is 4.10. The summed E-state index contributed by atoms with van der Waals surface area (Å²) in [5, 5.41) is 23.1. The van der Waals surface area contributed by atoms with Crippen molar-refractivity contribution < 1.29 is 9.90 Å². The van der Waals surface area contributed by atoms with E-state index < -0.39 is 0 Å². The lowest BCUT2D eigenvalue weighted by molar-refractivity contribution is -0.118. The molecule has 2 aromatic carbocycles. The Balaban J connectivity index is 1.66. The number of hydrogen-bond donors (Lipinski definition) is 2. The maximum Gasteiger partial charge on any atom is 0.250 e. The highest BCUT2D eigenvalue weighted by Crippen LogP contribution is 2.27. The highest BCUT2D eigenvalue weighted by atomic mass is 32.2. The minimum Gasteiger partial charge on any atom is -0.508 e. The molecule has 1 amide bonds. The molecular weight excluding hydrogens is 434 g/mol. The quantitative estimate of drug-likeness (QED) is 0.278. The van der Waals surface area contributed by atoms with Crippen LogP contribution < -0.4 is 5.43 Å². The molecule has 3 aromatic rings. The molecule has 33 heavy (non-hydrogen) atoms. The number of thioether (sulfide) groups is 1. The number of hydrogen-bond acceptors (Lipinski definition) is 6. The predicted molar refractivity (Wildman–Crippen MR) is 134 cm³/mol. The molecule has 2 N–H and O–H groups in total. The van der Waals surface area contributed by atoms with E-state index in [2.05, 4.69) is 65.8 Å². The van der Waals surface area contributed by atoms with Crippen molar-refractivity contribution in [2.75, 3.05) is 5.75 Å². The van der Waals surface area contributed by atoms with Gasteiger partial charge in [0, 0.05) is 12.1 Å². The number of phenols is 1. The van der Waals surface area contributed by atoms with E-state index in [1.807, 2.05) is 18.4 Å². The summed E-state index contributed by atoms with van der Waals surface area (Å²) >= 11 is 1.33. The van der Waals surface area contributed by atoms with E-state index in [9.17, 15) is 9.90 Å². The van der Waals surface area contributed by atoms with Crippen LogP contribution in [0, 0.1) is 0 Å². The summed E-state index contributed by atoms with van der Waals surface area (Å²) in [5.41, 5.74) is 6.57. The molecule has 174 valence electrons. The number of nitrogens with zero attached hydrogens (tertiary/aromatic N) is 4. The Bertz CT molecular complexity index is 1110. The van der Waals surface area contributed by atoms with Gasteiger partial charge < -0.3 is 9.67 Å². The lowest BCUT2D eigenvalue weighted by atomic mass is 9.87. The minimum absolute atomic E-state index is 0.0910. The van der Waals surface area contributed by atoms with Crippen LogP contribution in [0.5, 0.6) is 5.75 Å². The van der Waals surface area contributed by atoms with E-state index in [1.165, 1.54) is 17.3 Å². The van der Waals surface area contributed by atoms with Crippen LogP contribution in [0.3, 0.4) is 0 Å². The van der Waals surface area contributed by atoms with Gasteiger partial charge in [-0.05, 0) is 54.2 Å². The second kappa shape index (κ2) is 10.7. The maximum atomic E-state index is 12.4. The van der Waals surface area contributed by atoms with Crippen LogP contribution in [0.2, 0.25) is 0 Å². The van der Waals surface area contributed by atoms with Gasteiger partial charge >= 0.3 is 0 Å². The molecule has 0 aliphatic heterocycles. The van der Waals surface area contributed by atoms with Gasteiger partial charge in [-0.25, -0.2) is 5.43 Å². The number of aromatic nitrogens is 3. The minimum atomic E-state index is -0.216. The monoisotopic (exact) mass is 465 g/mol. The van der Waals surface area contributed by atoms with Crippen LogP contribution in [0.4, 0.5) is 0 Å². The van der Waals surface area contributed by atoms with Crippen LogP contribution in [0.1, 0.15) is 52.2 Å². The number of amides is 1. The van der Waals surface area contributed by atoms with E-state index in [0.717, 1.165) is 22.7 Å². The summed E-state index contributed by atoms with van der Waals surface area (Å²) in [6.45, 7) is 11.3. The van der Waals surface area contributed by atoms with Crippen LogP contribution in [-0.2, 0) is 16.8 Å². The van der Waals surface area contributed by atoms with E-state index in [-0.39, 0.29) is 22.8 Å². The molecule has 7 nitrogen and oxygen atoms in total. The number of rotatable bonds is 8. The number of carbonyl (C=O) groups is 1. The van der Waals surface area contributed by atoms with Crippen molar-refractivity contribution in [1.82, 2.24) is 20.2 Å². The van der Waals surface area contributed by atoms with Crippen LogP contribution in [0.15, 0.2) is 58.8 Å². The molecule has 0 aliphatic carbocycles. The number of benzene rings is 2. The molecule has 3 rings (SSSR count). The van der Waals surface area contributed by atoms with Gasteiger partial charge in [0.2, 0.25) is 0 Å². The fourth-order valence-electron chi connectivity index (χ4n) is 3.31. The zero-order chi connectivity index (χ0) is 24.0. The molecule has 0 saturated carbocycles. The first-order valence-corrected chi connectivity index (χ1v) is 12.0. The first kappa shape index (κ1) is 24.5. The molecule has 0 unspecified atom stereocenters. The summed E-state index contributed by atoms with van der Waals surface area (Å²) in [7, 11) is 0. The van der Waals surface area contributed by atoms with Gasteiger partial charge in [0.05, 0.1) is 11.5 Å². The molecule has 0 atom stereocenters. The topological polar surface area (TPSA) is 92.4 Å². The molecule has 0 bridgehead atoms. The van der Waals surface area contributed by atoms with Gasteiger partial charge in [-0.3, -0.25) is 4.79 Å². The average Bonchev–Trinajstić information content (AvgIpc) is 3.21. The van der Waals surface area contributed by atoms with E-state index >= 15 is 0 Å². The summed E-state index contributed by atoms with van der Waals surface area (Å²) < 4.78 is 2.02. The Labute approximate surface area is 199 Å². The first-order valence-electron chi connectivity index (χ1n) is 11.0. The van der Waals surface area contributed by atoms with Crippen molar-refractivity contribution in [1.29, 1.82) is 0 Å². The number of nitrogens with one attached hydrogen (secondary N) is 1. The average molecular weight is 466 g/mol. The van der Waals surface area contributed by atoms with Crippen molar-refractivity contribution in [2.45, 2.75) is 58.2 Å². The third kappa shape index (κ3) is 6.22. The van der Waals surface area contributed by atoms with E-state index in [4.69, 9.17) is 0 Å². The highest BCUT2D eigenvalue weighted by molar-refractivity contribution is 7.99. The second-order valence-electron chi connectivity index (χ2n) is 8.66. The number of phenolic OH excluding ortho intramolecular Hbond substituents is 1. The molecule has 0 radical (unpaired) electrons. The molecular formula is C25H31N5O2S. The molecule has 0 aliphatic rings. The van der Waals surface area contributed by atoms with Crippen molar-refractivity contribution in [2.24, 2.45) is 5.10 Å². The summed E-state index contributed by atoms with van der Waals surface area (Å²) in [6.07, 6.45) is 0.653. The smallest absolute Gasteiger partial charge is 0.250 e. The first-order chi connectivity index (χ1) is 15.7. The molecule has 8 heteroatoms. The summed E-state index contributed by atoms with van der Waals surface area (Å²) in [5.74, 6) is 0.946. The summed E-state index contributed by atoms with van der Waals surface area (Å²) in [4.78, 5) is 12.4. The Morgan fingerprint density at radius 2 is 1.73 bits per heavy atom. The van der Waals surface area contributed by atoms with Gasteiger partial charge in [0.25, 0.3) is 5.91 Å². The Hall–Kier alpha value is -3.13. The summed E-state index contributed by atoms with van der Waals surface area (Å²) in [6, 6.07) is 15.2. The molecule has 0 spiro atoms. The Kier molecular flexibility index (Phi) is 7.92. The SMILES string of the molecule is CC/C(=N/NC(=O)CSc1nnc(-c2ccc(C(C)(C)C)cc2)n1CC)c1ccc(O)cc1. The van der Waals surface area contributed by atoms with Crippen molar-refractivity contribution >= 4 is 23.4 Å². The Morgan fingerprint density at radius 3 is 2.30 bits per heavy atom. The van der Waals surface area contributed by atoms with Gasteiger partial charge in [-0.15, -0.1) is 10.2 Å². The van der Waals surface area contributed by atoms with Crippen LogP contribution >= 0.6 is 11.8 Å².